The van der Waals surface area contributed by atoms with Crippen LogP contribution >= 0.6 is 11.6 Å². The van der Waals surface area contributed by atoms with Gasteiger partial charge in [-0.2, -0.15) is 0 Å². The molecule has 0 bridgehead atoms. The predicted octanol–water partition coefficient (Wildman–Crippen LogP) is 6.57. The number of aromatic nitrogens is 1. The maximum atomic E-state index is 12.8. The van der Waals surface area contributed by atoms with Crippen LogP contribution in [0.15, 0.2) is 88.2 Å². The number of fused-ring (bicyclic) bond motifs is 3. The van der Waals surface area contributed by atoms with Gasteiger partial charge in [-0.3, -0.25) is 9.78 Å². The first-order valence-electron chi connectivity index (χ1n) is 12.7. The third kappa shape index (κ3) is 4.55. The number of phenols is 1. The number of aromatic hydroxyl groups is 1. The van der Waals surface area contributed by atoms with E-state index in [1.165, 1.54) is 43.5 Å². The lowest BCUT2D eigenvalue weighted by atomic mass is 9.89. The third-order valence-electron chi connectivity index (χ3n) is 7.05. The van der Waals surface area contributed by atoms with Crippen molar-refractivity contribution in [2.24, 2.45) is 0 Å². The van der Waals surface area contributed by atoms with Crippen molar-refractivity contribution in [2.75, 3.05) is 12.4 Å². The Morgan fingerprint density at radius 1 is 1.02 bits per heavy atom. The number of hydrogen-bond donors (Lipinski definition) is 3. The number of carboxylic acid groups (broad SMARTS) is 1. The van der Waals surface area contributed by atoms with Crippen LogP contribution in [0.1, 0.15) is 26.3 Å². The van der Waals surface area contributed by atoms with Gasteiger partial charge in [0.1, 0.15) is 17.1 Å². The average molecular weight is 581 g/mol. The number of ether oxygens (including phenoxy) is 1. The maximum absolute atomic E-state index is 12.8. The van der Waals surface area contributed by atoms with Gasteiger partial charge in [0.15, 0.2) is 0 Å². The molecular weight excluding hydrogens is 560 g/mol. The summed E-state index contributed by atoms with van der Waals surface area (Å²) in [5.41, 5.74) is 2.54. The van der Waals surface area contributed by atoms with E-state index >= 15 is 0 Å². The van der Waals surface area contributed by atoms with Gasteiger partial charge in [-0.25, -0.2) is 9.59 Å². The minimum absolute atomic E-state index is 0.0737. The Hall–Kier alpha value is -5.41. The Morgan fingerprint density at radius 2 is 1.83 bits per heavy atom. The molecule has 0 saturated heterocycles. The number of rotatable bonds is 6. The number of carbonyl (C=O) groups is 2. The molecule has 1 aliphatic carbocycles. The van der Waals surface area contributed by atoms with Gasteiger partial charge >= 0.3 is 11.9 Å². The number of phenolic OH excluding ortho intramolecular Hbond substituents is 1. The van der Waals surface area contributed by atoms with E-state index in [0.29, 0.717) is 22.1 Å². The summed E-state index contributed by atoms with van der Waals surface area (Å²) in [5.74, 6) is -1.85. The zero-order valence-electron chi connectivity index (χ0n) is 22.0. The number of aromatic carboxylic acids is 1. The van der Waals surface area contributed by atoms with Crippen LogP contribution in [0.5, 0.6) is 5.75 Å². The molecule has 208 valence electrons. The second-order valence-electron chi connectivity index (χ2n) is 9.49. The molecule has 3 N–H and O–H groups in total. The van der Waals surface area contributed by atoms with E-state index in [2.05, 4.69) is 10.3 Å². The van der Waals surface area contributed by atoms with E-state index in [9.17, 15) is 24.6 Å². The van der Waals surface area contributed by atoms with Crippen molar-refractivity contribution >= 4 is 51.1 Å². The minimum atomic E-state index is -1.20. The van der Waals surface area contributed by atoms with Crippen molar-refractivity contribution in [3.8, 4) is 28.2 Å². The van der Waals surface area contributed by atoms with Gasteiger partial charge in [0.25, 0.3) is 0 Å². The Morgan fingerprint density at radius 3 is 2.62 bits per heavy atom. The molecule has 4 aromatic rings. The Bertz CT molecular complexity index is 2080. The van der Waals surface area contributed by atoms with Crippen molar-refractivity contribution in [3.63, 3.8) is 0 Å². The number of esters is 1. The number of nitrogens with one attached hydrogen (secondary N) is 1. The molecule has 9 nitrogen and oxygen atoms in total. The lowest BCUT2D eigenvalue weighted by molar-refractivity contribution is 0.0599. The van der Waals surface area contributed by atoms with Gasteiger partial charge in [-0.1, -0.05) is 29.8 Å². The monoisotopic (exact) mass is 580 g/mol. The Kier molecular flexibility index (Phi) is 6.72. The van der Waals surface area contributed by atoms with E-state index in [1.54, 1.807) is 12.3 Å². The molecule has 3 aromatic carbocycles. The fourth-order valence-corrected chi connectivity index (χ4v) is 5.23. The van der Waals surface area contributed by atoms with E-state index in [-0.39, 0.29) is 45.4 Å². The second-order valence-corrected chi connectivity index (χ2v) is 9.89. The molecule has 0 atom stereocenters. The van der Waals surface area contributed by atoms with Gasteiger partial charge < -0.3 is 24.7 Å². The van der Waals surface area contributed by atoms with E-state index < -0.39 is 17.4 Å². The number of carbonyl (C=O) groups excluding carboxylic acids is 1. The van der Waals surface area contributed by atoms with Gasteiger partial charge in [0.2, 0.25) is 5.43 Å². The van der Waals surface area contributed by atoms with Crippen LogP contribution in [0.4, 0.5) is 5.69 Å². The molecule has 0 amide bonds. The number of nitrogens with zero attached hydrogens (tertiary/aromatic N) is 1. The summed E-state index contributed by atoms with van der Waals surface area (Å²) in [4.78, 5) is 41.8. The summed E-state index contributed by atoms with van der Waals surface area (Å²) in [7, 11) is 1.22. The highest BCUT2D eigenvalue weighted by Gasteiger charge is 2.26. The predicted molar refractivity (Wildman–Crippen MR) is 159 cm³/mol. The summed E-state index contributed by atoms with van der Waals surface area (Å²) >= 11 is 6.24. The van der Waals surface area contributed by atoms with Crippen LogP contribution in [0, 0.1) is 0 Å². The van der Waals surface area contributed by atoms with Crippen molar-refractivity contribution in [3.05, 3.63) is 111 Å². The number of benzene rings is 4. The molecule has 2 aliphatic rings. The average Bonchev–Trinajstić information content (AvgIpc) is 2.99. The van der Waals surface area contributed by atoms with Crippen molar-refractivity contribution in [1.82, 2.24) is 4.98 Å². The number of hydrogen-bond acceptors (Lipinski definition) is 8. The summed E-state index contributed by atoms with van der Waals surface area (Å²) < 4.78 is 11.2. The molecule has 0 fully saturated rings. The fraction of sp³-hybridized carbons (Fsp3) is 0.0625. The highest BCUT2D eigenvalue weighted by molar-refractivity contribution is 6.31. The molecular formula is C32H21ClN2O7. The zero-order chi connectivity index (χ0) is 29.5. The number of para-hydroxylation sites is 1. The largest absolute Gasteiger partial charge is 0.507 e. The molecule has 0 radical (unpaired) electrons. The molecule has 42 heavy (non-hydrogen) atoms. The smallest absolute Gasteiger partial charge is 0.338 e. The summed E-state index contributed by atoms with van der Waals surface area (Å²) in [6.45, 7) is 0.101. The molecule has 6 rings (SSSR count). The quantitative estimate of drug-likeness (QED) is 0.147. The third-order valence-corrected chi connectivity index (χ3v) is 7.35. The highest BCUT2D eigenvalue weighted by atomic mass is 35.5. The standard InChI is InChI=1S/C32H21ClN2O7/c1-41-32(40)18-8-7-17(31(38)39)12-20(18)28-19-9-10-25(36)22(30(19)42-27-14-26(37)23(33)13-21(27)28)15-35-24-6-2-4-16-5-3-11-34-29(16)24/h2-14,35-36H,15H2,1H3,(H,38,39). The summed E-state index contributed by atoms with van der Waals surface area (Å²) in [6.07, 6.45) is 1.69. The topological polar surface area (TPSA) is 139 Å². The van der Waals surface area contributed by atoms with Gasteiger partial charge in [-0.05, 0) is 54.1 Å². The second kappa shape index (κ2) is 10.5. The highest BCUT2D eigenvalue weighted by Crippen LogP contribution is 2.44. The summed E-state index contributed by atoms with van der Waals surface area (Å²) in [6, 6.07) is 19.2. The molecule has 0 unspecified atom stereocenters. The number of pyridine rings is 1. The number of carboxylic acids is 1. The summed E-state index contributed by atoms with van der Waals surface area (Å²) in [5, 5.41) is 25.3. The van der Waals surface area contributed by atoms with Crippen LogP contribution < -0.4 is 10.7 Å². The minimum Gasteiger partial charge on any atom is -0.507 e. The van der Waals surface area contributed by atoms with Crippen molar-refractivity contribution < 1.29 is 29.0 Å². The van der Waals surface area contributed by atoms with Gasteiger partial charge in [0.05, 0.1) is 40.0 Å². The molecule has 1 aromatic heterocycles. The van der Waals surface area contributed by atoms with E-state index in [1.807, 2.05) is 30.3 Å². The van der Waals surface area contributed by atoms with Gasteiger partial charge in [0, 0.05) is 40.7 Å². The number of methoxy groups -OCH3 is 1. The van der Waals surface area contributed by atoms with E-state index in [0.717, 1.165) is 16.6 Å². The van der Waals surface area contributed by atoms with Crippen LogP contribution in [-0.4, -0.2) is 34.2 Å². The first-order valence-corrected chi connectivity index (χ1v) is 13.1. The van der Waals surface area contributed by atoms with Crippen molar-refractivity contribution in [1.29, 1.82) is 0 Å². The SMILES string of the molecule is COC(=O)c1ccc(C(=O)O)cc1-c1c2cc(Cl)c(=O)cc-2oc2c(CNc3cccc4cccnc34)c(O)ccc12. The zero-order valence-corrected chi connectivity index (χ0v) is 22.7. The molecule has 10 heteroatoms. The number of halogens is 1. The van der Waals surface area contributed by atoms with Crippen LogP contribution in [0.3, 0.4) is 0 Å². The van der Waals surface area contributed by atoms with Gasteiger partial charge in [-0.15, -0.1) is 0 Å². The lowest BCUT2D eigenvalue weighted by Crippen LogP contribution is -2.09. The Balaban J connectivity index is 1.64. The first kappa shape index (κ1) is 26.8. The van der Waals surface area contributed by atoms with Crippen LogP contribution in [0.25, 0.3) is 44.3 Å². The maximum Gasteiger partial charge on any atom is 0.338 e. The molecule has 1 aliphatic heterocycles. The molecule has 2 heterocycles. The van der Waals surface area contributed by atoms with Crippen molar-refractivity contribution in [2.45, 2.75) is 6.54 Å². The first-order chi connectivity index (χ1) is 20.3. The van der Waals surface area contributed by atoms with Crippen LogP contribution in [-0.2, 0) is 11.3 Å². The fourth-order valence-electron chi connectivity index (χ4n) is 5.06. The molecule has 0 saturated carbocycles. The normalized spacial score (nSPS) is 11.2. The lowest BCUT2D eigenvalue weighted by Gasteiger charge is -2.20. The van der Waals surface area contributed by atoms with Crippen LogP contribution in [0.2, 0.25) is 5.02 Å². The Labute approximate surface area is 242 Å². The number of anilines is 1. The molecule has 0 spiro atoms. The van der Waals surface area contributed by atoms with E-state index in [4.69, 9.17) is 20.8 Å².